The molecule has 53 heavy (non-hydrogen) atoms. The van der Waals surface area contributed by atoms with Crippen molar-refractivity contribution in [2.75, 3.05) is 49.7 Å². The summed E-state index contributed by atoms with van der Waals surface area (Å²) in [6.45, 7) is 5.11. The van der Waals surface area contributed by atoms with Crippen LogP contribution in [0, 0.1) is 5.92 Å². The molecule has 1 aliphatic rings. The van der Waals surface area contributed by atoms with Crippen molar-refractivity contribution in [3.05, 3.63) is 125 Å². The summed E-state index contributed by atoms with van der Waals surface area (Å²) in [5.41, 5.74) is 5.16. The molecule has 4 N–H and O–H groups in total. The first-order chi connectivity index (χ1) is 25.6. The Labute approximate surface area is 313 Å². The molecule has 0 radical (unpaired) electrons. The van der Waals surface area contributed by atoms with Gasteiger partial charge in [0.05, 0.1) is 35.3 Å². The highest BCUT2D eigenvalue weighted by Gasteiger charge is 2.34. The van der Waals surface area contributed by atoms with Crippen LogP contribution in [-0.4, -0.2) is 83.5 Å². The maximum absolute atomic E-state index is 13.9. The zero-order chi connectivity index (χ0) is 37.5. The van der Waals surface area contributed by atoms with Crippen molar-refractivity contribution in [3.63, 3.8) is 0 Å². The van der Waals surface area contributed by atoms with Gasteiger partial charge in [0.15, 0.2) is 5.75 Å². The van der Waals surface area contributed by atoms with Crippen LogP contribution in [0.25, 0.3) is 10.6 Å². The summed E-state index contributed by atoms with van der Waals surface area (Å²) >= 11 is 1.52. The lowest BCUT2D eigenvalue weighted by atomic mass is 9.98. The van der Waals surface area contributed by atoms with E-state index in [0.717, 1.165) is 21.8 Å². The molecule has 0 aliphatic carbocycles. The van der Waals surface area contributed by atoms with Crippen molar-refractivity contribution in [2.45, 2.75) is 32.5 Å². The molecule has 0 bridgehead atoms. The van der Waals surface area contributed by atoms with Gasteiger partial charge >= 0.3 is 0 Å². The number of nitrogens with one attached hydrogen (secondary N) is 3. The van der Waals surface area contributed by atoms with Crippen LogP contribution in [0.1, 0.15) is 50.5 Å². The Hall–Kier alpha value is -5.56. The number of aliphatic hydroxyl groups is 1. The number of fused-ring (bicyclic) bond motifs is 1. The molecule has 0 unspecified atom stereocenters. The fraction of sp³-hybridized carbons (Fsp3) is 0.268. The Balaban J connectivity index is 1.19. The van der Waals surface area contributed by atoms with E-state index in [9.17, 15) is 19.5 Å². The minimum atomic E-state index is -0.425. The van der Waals surface area contributed by atoms with Gasteiger partial charge in [-0.05, 0) is 68.1 Å². The topological polar surface area (TPSA) is 136 Å². The van der Waals surface area contributed by atoms with Crippen molar-refractivity contribution in [1.29, 1.82) is 0 Å². The number of aromatic nitrogens is 1. The van der Waals surface area contributed by atoms with Crippen LogP contribution in [0.3, 0.4) is 0 Å². The second kappa shape index (κ2) is 16.8. The fourth-order valence-corrected chi connectivity index (χ4v) is 6.98. The molecule has 0 saturated carbocycles. The SMILES string of the molecule is CNc1ccccc1NC(=O)c1ccc(CN(C)C[C@H]2Oc3c(NC(=O)c4ccc(-c5nccs5)cc4)cccc3C(=O)N([C@H](C)CO)C[C@H]2C)cc1. The third-order valence-electron chi connectivity index (χ3n) is 9.37. The standard InChI is InChI=1S/C41H44N6O5S/c1-26-22-47(27(2)25-48)41(51)32-8-7-11-35(45-39(50)30-16-18-31(19-17-30)40-43-20-21-53-40)37(32)52-36(26)24-46(4)23-28-12-14-29(15-13-28)38(49)44-34-10-6-5-9-33(34)42-3/h5-21,26-27,36,42,48H,22-25H2,1-4H3,(H,44,49)(H,45,50)/t26-,27-,36-/m1/s1. The quantitative estimate of drug-likeness (QED) is 0.111. The summed E-state index contributed by atoms with van der Waals surface area (Å²) in [7, 11) is 3.80. The van der Waals surface area contributed by atoms with Gasteiger partial charge in [0, 0.05) is 60.9 Å². The van der Waals surface area contributed by atoms with Crippen molar-refractivity contribution >= 4 is 46.1 Å². The molecule has 0 spiro atoms. The van der Waals surface area contributed by atoms with E-state index in [2.05, 4.69) is 25.8 Å². The lowest BCUT2D eigenvalue weighted by Gasteiger charge is -2.38. The van der Waals surface area contributed by atoms with E-state index in [1.807, 2.05) is 94.0 Å². The van der Waals surface area contributed by atoms with Crippen LogP contribution < -0.4 is 20.7 Å². The molecule has 274 valence electrons. The van der Waals surface area contributed by atoms with Crippen LogP contribution in [0.15, 0.2) is 103 Å². The van der Waals surface area contributed by atoms with Gasteiger partial charge in [0.25, 0.3) is 17.7 Å². The average molecular weight is 733 g/mol. The van der Waals surface area contributed by atoms with E-state index < -0.39 is 6.04 Å². The molecule has 0 saturated heterocycles. The number of anilines is 3. The molecule has 5 aromatic rings. The maximum Gasteiger partial charge on any atom is 0.258 e. The average Bonchev–Trinajstić information content (AvgIpc) is 3.72. The molecular formula is C41H44N6O5S. The number of carbonyl (C=O) groups excluding carboxylic acids is 3. The van der Waals surface area contributed by atoms with E-state index in [1.54, 1.807) is 41.4 Å². The Kier molecular flexibility index (Phi) is 11.8. The van der Waals surface area contributed by atoms with Crippen LogP contribution in [0.5, 0.6) is 5.75 Å². The fourth-order valence-electron chi connectivity index (χ4n) is 6.33. The van der Waals surface area contributed by atoms with E-state index in [1.165, 1.54) is 11.3 Å². The third kappa shape index (κ3) is 8.74. The first kappa shape index (κ1) is 37.2. The van der Waals surface area contributed by atoms with Gasteiger partial charge in [-0.15, -0.1) is 11.3 Å². The van der Waals surface area contributed by atoms with Gasteiger partial charge in [0.2, 0.25) is 0 Å². The van der Waals surface area contributed by atoms with Crippen molar-refractivity contribution < 1.29 is 24.2 Å². The molecular weight excluding hydrogens is 689 g/mol. The van der Waals surface area contributed by atoms with Crippen LogP contribution in [-0.2, 0) is 6.54 Å². The lowest BCUT2D eigenvalue weighted by molar-refractivity contribution is 0.0343. The highest BCUT2D eigenvalue weighted by molar-refractivity contribution is 7.13. The zero-order valence-corrected chi connectivity index (χ0v) is 31.0. The maximum atomic E-state index is 13.9. The number of nitrogens with zero attached hydrogens (tertiary/aromatic N) is 3. The Morgan fingerprint density at radius 1 is 0.943 bits per heavy atom. The second-order valence-corrected chi connectivity index (χ2v) is 14.2. The van der Waals surface area contributed by atoms with Gasteiger partial charge in [-0.2, -0.15) is 0 Å². The summed E-state index contributed by atoms with van der Waals surface area (Å²) in [5.74, 6) is -0.650. The Morgan fingerprint density at radius 2 is 1.58 bits per heavy atom. The number of thiazole rings is 1. The lowest BCUT2D eigenvalue weighted by Crippen LogP contribution is -2.49. The number of rotatable bonds is 12. The highest BCUT2D eigenvalue weighted by atomic mass is 32.1. The molecule has 1 aliphatic heterocycles. The minimum Gasteiger partial charge on any atom is -0.486 e. The van der Waals surface area contributed by atoms with Crippen LogP contribution >= 0.6 is 11.3 Å². The van der Waals surface area contributed by atoms with Gasteiger partial charge in [-0.1, -0.05) is 49.4 Å². The minimum absolute atomic E-state index is 0.128. The highest BCUT2D eigenvalue weighted by Crippen LogP contribution is 2.35. The third-order valence-corrected chi connectivity index (χ3v) is 10.2. The van der Waals surface area contributed by atoms with E-state index >= 15 is 0 Å². The molecule has 6 rings (SSSR count). The van der Waals surface area contributed by atoms with Crippen molar-refractivity contribution in [1.82, 2.24) is 14.8 Å². The number of aliphatic hydroxyl groups excluding tert-OH is 1. The first-order valence-corrected chi connectivity index (χ1v) is 18.4. The predicted octanol–water partition coefficient (Wildman–Crippen LogP) is 6.71. The van der Waals surface area contributed by atoms with Gasteiger partial charge < -0.3 is 30.7 Å². The van der Waals surface area contributed by atoms with Crippen LogP contribution in [0.2, 0.25) is 0 Å². The number of benzene rings is 4. The number of hydrogen-bond donors (Lipinski definition) is 4. The van der Waals surface area contributed by atoms with E-state index in [-0.39, 0.29) is 36.4 Å². The van der Waals surface area contributed by atoms with Crippen LogP contribution in [0.4, 0.5) is 17.1 Å². The molecule has 12 heteroatoms. The number of ether oxygens (including phenoxy) is 1. The summed E-state index contributed by atoms with van der Waals surface area (Å²) in [4.78, 5) is 48.6. The van der Waals surface area contributed by atoms with Gasteiger partial charge in [0.1, 0.15) is 11.1 Å². The Morgan fingerprint density at radius 3 is 2.23 bits per heavy atom. The van der Waals surface area contributed by atoms with Gasteiger partial charge in [-0.3, -0.25) is 19.3 Å². The molecule has 3 atom stereocenters. The summed E-state index contributed by atoms with van der Waals surface area (Å²) in [5, 5.41) is 21.9. The normalized spacial score (nSPS) is 16.2. The van der Waals surface area contributed by atoms with Crippen molar-refractivity contribution in [3.8, 4) is 16.3 Å². The van der Waals surface area contributed by atoms with E-state index in [0.29, 0.717) is 53.4 Å². The van der Waals surface area contributed by atoms with E-state index in [4.69, 9.17) is 4.74 Å². The molecule has 2 heterocycles. The summed E-state index contributed by atoms with van der Waals surface area (Å²) in [6.07, 6.45) is 1.36. The molecule has 1 aromatic heterocycles. The molecule has 4 aromatic carbocycles. The smallest absolute Gasteiger partial charge is 0.258 e. The summed E-state index contributed by atoms with van der Waals surface area (Å²) < 4.78 is 6.72. The monoisotopic (exact) mass is 732 g/mol. The molecule has 0 fully saturated rings. The zero-order valence-electron chi connectivity index (χ0n) is 30.2. The molecule has 3 amide bonds. The molecule has 11 nitrogen and oxygen atoms in total. The predicted molar refractivity (Wildman–Crippen MR) is 210 cm³/mol. The van der Waals surface area contributed by atoms with Crippen molar-refractivity contribution in [2.24, 2.45) is 5.92 Å². The number of amides is 3. The number of para-hydroxylation sites is 3. The number of carbonyl (C=O) groups is 3. The summed E-state index contributed by atoms with van der Waals surface area (Å²) in [6, 6.07) is 27.0. The first-order valence-electron chi connectivity index (χ1n) is 17.5. The largest absolute Gasteiger partial charge is 0.486 e. The van der Waals surface area contributed by atoms with Gasteiger partial charge in [-0.25, -0.2) is 4.98 Å². The second-order valence-electron chi connectivity index (χ2n) is 13.3. The number of likely N-dealkylation sites (N-methyl/N-ethyl adjacent to an activating group) is 1. The Bertz CT molecular complexity index is 2040. The number of hydrogen-bond acceptors (Lipinski definition) is 9.